The molecule has 1 aliphatic rings. The molecular formula is C29H25NO4S. The van der Waals surface area contributed by atoms with Crippen LogP contribution in [0, 0.1) is 6.92 Å². The Morgan fingerprint density at radius 3 is 2.11 bits per heavy atom. The van der Waals surface area contributed by atoms with E-state index in [-0.39, 0.29) is 10.6 Å². The fourth-order valence-corrected chi connectivity index (χ4v) is 6.00. The van der Waals surface area contributed by atoms with Crippen molar-refractivity contribution >= 4 is 21.8 Å². The number of methoxy groups -OCH3 is 1. The Kier molecular flexibility index (Phi) is 5.71. The van der Waals surface area contributed by atoms with E-state index in [0.29, 0.717) is 22.6 Å². The molecule has 6 heteroatoms. The normalized spacial score (nSPS) is 18.5. The highest BCUT2D eigenvalue weighted by atomic mass is 32.2. The summed E-state index contributed by atoms with van der Waals surface area (Å²) < 4.78 is 34.7. The Bertz CT molecular complexity index is 1490. The minimum Gasteiger partial charge on any atom is -0.497 e. The van der Waals surface area contributed by atoms with Crippen molar-refractivity contribution in [2.24, 2.45) is 0 Å². The molecule has 1 aliphatic heterocycles. The lowest BCUT2D eigenvalue weighted by Gasteiger charge is -2.29. The van der Waals surface area contributed by atoms with Crippen LogP contribution in [0.3, 0.4) is 0 Å². The monoisotopic (exact) mass is 483 g/mol. The second-order valence-electron chi connectivity index (χ2n) is 8.48. The largest absolute Gasteiger partial charge is 0.497 e. The van der Waals surface area contributed by atoms with Crippen molar-refractivity contribution in [1.29, 1.82) is 0 Å². The van der Waals surface area contributed by atoms with Gasteiger partial charge in [0.2, 0.25) is 0 Å². The summed E-state index contributed by atoms with van der Waals surface area (Å²) in [6.07, 6.45) is 1.72. The summed E-state index contributed by atoms with van der Waals surface area (Å²) in [5, 5.41) is 12.4. The zero-order valence-electron chi connectivity index (χ0n) is 19.4. The van der Waals surface area contributed by atoms with E-state index in [4.69, 9.17) is 4.74 Å². The van der Waals surface area contributed by atoms with Crippen LogP contribution in [0.4, 0.5) is 5.69 Å². The molecule has 35 heavy (non-hydrogen) atoms. The van der Waals surface area contributed by atoms with Gasteiger partial charge in [0.1, 0.15) is 5.75 Å². The van der Waals surface area contributed by atoms with Crippen LogP contribution >= 0.6 is 0 Å². The number of benzene rings is 4. The van der Waals surface area contributed by atoms with Gasteiger partial charge in [-0.3, -0.25) is 0 Å². The standard InChI is InChI=1S/C29H25NO4S/c1-21-12-18-25(19-13-21)35(32,33)30-27-11-7-6-10-26(27)29(31,23-8-4-3-5-9-23)28(30)20-22-14-16-24(34-2)17-15-22/h3-20,31H,1-2H3/b28-20-. The van der Waals surface area contributed by atoms with E-state index in [1.165, 1.54) is 4.31 Å². The number of aliphatic hydroxyl groups is 1. The molecule has 0 fully saturated rings. The Hall–Kier alpha value is -3.87. The van der Waals surface area contributed by atoms with Crippen molar-refractivity contribution in [2.45, 2.75) is 17.4 Å². The summed E-state index contributed by atoms with van der Waals surface area (Å²) in [5.41, 5.74) is 1.73. The van der Waals surface area contributed by atoms with Gasteiger partial charge in [0.05, 0.1) is 23.4 Å². The molecule has 1 N–H and O–H groups in total. The summed E-state index contributed by atoms with van der Waals surface area (Å²) >= 11 is 0. The van der Waals surface area contributed by atoms with E-state index in [1.807, 2.05) is 37.3 Å². The quantitative estimate of drug-likeness (QED) is 0.408. The topological polar surface area (TPSA) is 66.8 Å². The van der Waals surface area contributed by atoms with Crippen LogP contribution in [0.25, 0.3) is 6.08 Å². The molecule has 0 radical (unpaired) electrons. The van der Waals surface area contributed by atoms with Crippen LogP contribution in [0.15, 0.2) is 114 Å². The summed E-state index contributed by atoms with van der Waals surface area (Å²) in [4.78, 5) is 0.149. The molecule has 1 atom stereocenters. The first-order valence-electron chi connectivity index (χ1n) is 11.2. The van der Waals surface area contributed by atoms with Crippen molar-refractivity contribution in [2.75, 3.05) is 11.4 Å². The predicted octanol–water partition coefficient (Wildman–Crippen LogP) is 5.49. The molecule has 0 saturated carbocycles. The number of fused-ring (bicyclic) bond motifs is 1. The Balaban J connectivity index is 1.80. The van der Waals surface area contributed by atoms with Gasteiger partial charge in [-0.25, -0.2) is 12.7 Å². The van der Waals surface area contributed by atoms with Gasteiger partial charge in [0, 0.05) is 5.56 Å². The van der Waals surface area contributed by atoms with Crippen LogP contribution < -0.4 is 9.04 Å². The molecule has 5 rings (SSSR count). The zero-order chi connectivity index (χ0) is 24.6. The fourth-order valence-electron chi connectivity index (χ4n) is 4.45. The second-order valence-corrected chi connectivity index (χ2v) is 10.3. The third-order valence-electron chi connectivity index (χ3n) is 6.27. The lowest BCUT2D eigenvalue weighted by molar-refractivity contribution is 0.128. The number of rotatable bonds is 5. The molecule has 0 spiro atoms. The van der Waals surface area contributed by atoms with E-state index in [9.17, 15) is 13.5 Å². The molecule has 0 aromatic heterocycles. The minimum atomic E-state index is -4.05. The van der Waals surface area contributed by atoms with Gasteiger partial charge in [-0.05, 0) is 54.5 Å². The number of anilines is 1. The highest BCUT2D eigenvalue weighted by molar-refractivity contribution is 7.93. The van der Waals surface area contributed by atoms with Gasteiger partial charge >= 0.3 is 0 Å². The third kappa shape index (κ3) is 3.81. The molecule has 0 amide bonds. The molecule has 5 nitrogen and oxygen atoms in total. The van der Waals surface area contributed by atoms with Gasteiger partial charge in [0.15, 0.2) is 5.60 Å². The fraction of sp³-hybridized carbons (Fsp3) is 0.103. The van der Waals surface area contributed by atoms with Crippen molar-refractivity contribution in [3.8, 4) is 5.75 Å². The number of hydrogen-bond donors (Lipinski definition) is 1. The van der Waals surface area contributed by atoms with Crippen LogP contribution in [-0.4, -0.2) is 20.6 Å². The van der Waals surface area contributed by atoms with Gasteiger partial charge in [-0.1, -0.05) is 78.4 Å². The molecule has 4 aromatic carbocycles. The molecule has 0 aliphatic carbocycles. The molecule has 4 aromatic rings. The number of nitrogens with zero attached hydrogens (tertiary/aromatic N) is 1. The number of para-hydroxylation sites is 1. The Labute approximate surface area is 205 Å². The summed E-state index contributed by atoms with van der Waals surface area (Å²) in [5.74, 6) is 0.685. The Morgan fingerprint density at radius 1 is 0.829 bits per heavy atom. The lowest BCUT2D eigenvalue weighted by Crippen LogP contribution is -2.35. The van der Waals surface area contributed by atoms with Crippen LogP contribution in [0.2, 0.25) is 0 Å². The predicted molar refractivity (Wildman–Crippen MR) is 138 cm³/mol. The van der Waals surface area contributed by atoms with Gasteiger partial charge in [0.25, 0.3) is 10.0 Å². The van der Waals surface area contributed by atoms with E-state index < -0.39 is 15.6 Å². The molecule has 0 bridgehead atoms. The number of sulfonamides is 1. The SMILES string of the molecule is COc1ccc(/C=C2\N(S(=O)(=O)c3ccc(C)cc3)c3ccccc3C2(O)c2ccccc2)cc1. The van der Waals surface area contributed by atoms with Crippen molar-refractivity contribution in [1.82, 2.24) is 0 Å². The smallest absolute Gasteiger partial charge is 0.268 e. The average Bonchev–Trinajstić information content (AvgIpc) is 3.15. The first-order valence-corrected chi connectivity index (χ1v) is 12.7. The number of hydrogen-bond acceptors (Lipinski definition) is 4. The Morgan fingerprint density at radius 2 is 1.46 bits per heavy atom. The first-order chi connectivity index (χ1) is 16.9. The maximum Gasteiger partial charge on any atom is 0.268 e. The molecular weight excluding hydrogens is 458 g/mol. The molecule has 1 heterocycles. The lowest BCUT2D eigenvalue weighted by atomic mass is 9.85. The highest BCUT2D eigenvalue weighted by Gasteiger charge is 2.51. The van der Waals surface area contributed by atoms with E-state index in [2.05, 4.69) is 0 Å². The van der Waals surface area contributed by atoms with Crippen molar-refractivity contribution < 1.29 is 18.3 Å². The zero-order valence-corrected chi connectivity index (χ0v) is 20.2. The van der Waals surface area contributed by atoms with Gasteiger partial charge in [-0.15, -0.1) is 0 Å². The second kappa shape index (κ2) is 8.73. The van der Waals surface area contributed by atoms with Gasteiger partial charge < -0.3 is 9.84 Å². The summed E-state index contributed by atoms with van der Waals surface area (Å²) in [6.45, 7) is 1.91. The maximum absolute atomic E-state index is 14.1. The minimum absolute atomic E-state index is 0.149. The maximum atomic E-state index is 14.1. The highest BCUT2D eigenvalue weighted by Crippen LogP contribution is 2.52. The summed E-state index contributed by atoms with van der Waals surface area (Å²) in [7, 11) is -2.46. The molecule has 0 saturated heterocycles. The van der Waals surface area contributed by atoms with Crippen LogP contribution in [-0.2, 0) is 15.6 Å². The third-order valence-corrected chi connectivity index (χ3v) is 8.01. The van der Waals surface area contributed by atoms with Crippen molar-refractivity contribution in [3.63, 3.8) is 0 Å². The van der Waals surface area contributed by atoms with E-state index >= 15 is 0 Å². The molecule has 176 valence electrons. The van der Waals surface area contributed by atoms with Crippen molar-refractivity contribution in [3.05, 3.63) is 131 Å². The average molecular weight is 484 g/mol. The number of ether oxygens (including phenoxy) is 1. The van der Waals surface area contributed by atoms with Crippen LogP contribution in [0.1, 0.15) is 22.3 Å². The van der Waals surface area contributed by atoms with E-state index in [1.54, 1.807) is 86.0 Å². The molecule has 1 unspecified atom stereocenters. The van der Waals surface area contributed by atoms with E-state index in [0.717, 1.165) is 11.1 Å². The first kappa shape index (κ1) is 22.9. The number of aryl methyl sites for hydroxylation is 1. The van der Waals surface area contributed by atoms with Crippen LogP contribution in [0.5, 0.6) is 5.75 Å². The van der Waals surface area contributed by atoms with Gasteiger partial charge in [-0.2, -0.15) is 0 Å². The summed E-state index contributed by atoms with van der Waals surface area (Å²) in [6, 6.07) is 30.2.